The van der Waals surface area contributed by atoms with Crippen LogP contribution in [-0.4, -0.2) is 0 Å². The van der Waals surface area contributed by atoms with Crippen molar-refractivity contribution in [2.45, 2.75) is 40.0 Å². The third-order valence-electron chi connectivity index (χ3n) is 1.67. The van der Waals surface area contributed by atoms with E-state index in [1.54, 1.807) is 0 Å². The van der Waals surface area contributed by atoms with Gasteiger partial charge in [-0.05, 0) is 18.8 Å². The van der Waals surface area contributed by atoms with Gasteiger partial charge in [-0.3, -0.25) is 0 Å². The summed E-state index contributed by atoms with van der Waals surface area (Å²) in [5.74, 6) is 3.65. The van der Waals surface area contributed by atoms with Gasteiger partial charge < -0.3 is 0 Å². The van der Waals surface area contributed by atoms with Crippen molar-refractivity contribution in [3.8, 4) is 5.92 Å². The molecule has 0 heteroatoms. The van der Waals surface area contributed by atoms with Crippen molar-refractivity contribution >= 4 is 0 Å². The van der Waals surface area contributed by atoms with Crippen LogP contribution in [-0.2, 0) is 0 Å². The Morgan fingerprint density at radius 2 is 1.80 bits per heavy atom. The monoisotopic (exact) mass is 137 g/mol. The van der Waals surface area contributed by atoms with E-state index in [-0.39, 0.29) is 0 Å². The van der Waals surface area contributed by atoms with Crippen LogP contribution in [0.25, 0.3) is 0 Å². The van der Waals surface area contributed by atoms with Crippen molar-refractivity contribution in [3.05, 3.63) is 6.42 Å². The molecule has 0 aliphatic heterocycles. The summed E-state index contributed by atoms with van der Waals surface area (Å²) in [5, 5.41) is 0. The van der Waals surface area contributed by atoms with Crippen LogP contribution in [0, 0.1) is 24.2 Å². The van der Waals surface area contributed by atoms with Crippen molar-refractivity contribution in [1.29, 1.82) is 0 Å². The maximum atomic E-state index is 6.84. The highest BCUT2D eigenvalue weighted by atomic mass is 14.0. The highest BCUT2D eigenvalue weighted by Gasteiger charge is 1.98. The number of hydrogen-bond acceptors (Lipinski definition) is 0. The van der Waals surface area contributed by atoms with Crippen LogP contribution in [0.15, 0.2) is 0 Å². The Bertz CT molecular complexity index is 106. The van der Waals surface area contributed by atoms with E-state index in [4.69, 9.17) is 6.42 Å². The molecule has 10 heavy (non-hydrogen) atoms. The molecule has 0 spiro atoms. The van der Waals surface area contributed by atoms with Gasteiger partial charge in [0.2, 0.25) is 0 Å². The van der Waals surface area contributed by atoms with Gasteiger partial charge in [-0.1, -0.05) is 39.5 Å². The molecule has 0 amide bonds. The third kappa shape index (κ3) is 5.69. The van der Waals surface area contributed by atoms with Crippen molar-refractivity contribution < 1.29 is 0 Å². The van der Waals surface area contributed by atoms with Crippen LogP contribution >= 0.6 is 0 Å². The summed E-state index contributed by atoms with van der Waals surface area (Å²) in [6.45, 7) is 6.52. The Hall–Kier alpha value is -0.440. The zero-order valence-corrected chi connectivity index (χ0v) is 7.28. The average Bonchev–Trinajstić information content (AvgIpc) is 1.87. The molecule has 1 unspecified atom stereocenters. The first-order valence-corrected chi connectivity index (χ1v) is 4.09. The highest BCUT2D eigenvalue weighted by Crippen LogP contribution is 2.10. The molecule has 0 bridgehead atoms. The highest BCUT2D eigenvalue weighted by molar-refractivity contribution is 4.83. The Morgan fingerprint density at radius 1 is 1.20 bits per heavy atom. The molecule has 0 aromatic rings. The van der Waals surface area contributed by atoms with Crippen LogP contribution < -0.4 is 0 Å². The Balaban J connectivity index is 3.13. The van der Waals surface area contributed by atoms with E-state index < -0.39 is 0 Å². The van der Waals surface area contributed by atoms with Crippen molar-refractivity contribution in [3.63, 3.8) is 0 Å². The van der Waals surface area contributed by atoms with E-state index in [9.17, 15) is 0 Å². The maximum Gasteiger partial charge on any atom is 0.0184 e. The van der Waals surface area contributed by atoms with E-state index >= 15 is 0 Å². The predicted octanol–water partition coefficient (Wildman–Crippen LogP) is 3.04. The molecule has 0 N–H and O–H groups in total. The van der Waals surface area contributed by atoms with Gasteiger partial charge in [0.25, 0.3) is 0 Å². The minimum atomic E-state index is 0.360. The minimum Gasteiger partial charge on any atom is -0.0860 e. The molecule has 0 rings (SSSR count). The van der Waals surface area contributed by atoms with Gasteiger partial charge in [-0.25, -0.2) is 0 Å². The largest absolute Gasteiger partial charge is 0.0860 e. The molecule has 0 aliphatic rings. The van der Waals surface area contributed by atoms with Crippen molar-refractivity contribution in [2.75, 3.05) is 0 Å². The summed E-state index contributed by atoms with van der Waals surface area (Å²) in [6.07, 6.45) is 10.5. The Morgan fingerprint density at radius 3 is 2.20 bits per heavy atom. The van der Waals surface area contributed by atoms with Crippen LogP contribution in [0.5, 0.6) is 0 Å². The van der Waals surface area contributed by atoms with E-state index in [1.807, 2.05) is 6.92 Å². The van der Waals surface area contributed by atoms with Gasteiger partial charge in [0.15, 0.2) is 0 Å². The summed E-state index contributed by atoms with van der Waals surface area (Å²) >= 11 is 0. The first kappa shape index (κ1) is 9.56. The predicted molar refractivity (Wildman–Crippen MR) is 45.0 cm³/mol. The fraction of sp³-hybridized carbons (Fsp3) is 0.800. The summed E-state index contributed by atoms with van der Waals surface area (Å²) in [7, 11) is 0. The molecule has 1 atom stereocenters. The topological polar surface area (TPSA) is 0 Å². The molecule has 0 aromatic heterocycles. The fourth-order valence-electron chi connectivity index (χ4n) is 0.904. The standard InChI is InChI=1S/C10H17/c1-5-10(4)8-6-7-9(2)3/h9-10H,6-8H2,2-4H3. The third-order valence-corrected chi connectivity index (χ3v) is 1.67. The zero-order valence-electron chi connectivity index (χ0n) is 7.28. The van der Waals surface area contributed by atoms with Gasteiger partial charge in [0, 0.05) is 5.92 Å². The van der Waals surface area contributed by atoms with Crippen LogP contribution in [0.4, 0.5) is 0 Å². The van der Waals surface area contributed by atoms with Gasteiger partial charge in [0.1, 0.15) is 0 Å². The summed E-state index contributed by atoms with van der Waals surface area (Å²) in [5.41, 5.74) is 0. The summed E-state index contributed by atoms with van der Waals surface area (Å²) in [6, 6.07) is 0. The lowest BCUT2D eigenvalue weighted by molar-refractivity contribution is 0.507. The SMILES string of the molecule is [C]#CC(C)CCCC(C)C. The van der Waals surface area contributed by atoms with E-state index in [2.05, 4.69) is 19.8 Å². The van der Waals surface area contributed by atoms with Gasteiger partial charge in [-0.15, -0.1) is 0 Å². The van der Waals surface area contributed by atoms with Crippen molar-refractivity contribution in [2.24, 2.45) is 11.8 Å². The molecule has 0 saturated heterocycles. The number of hydrogen-bond donors (Lipinski definition) is 0. The van der Waals surface area contributed by atoms with Crippen LogP contribution in [0.3, 0.4) is 0 Å². The first-order chi connectivity index (χ1) is 4.66. The fourth-order valence-corrected chi connectivity index (χ4v) is 0.904. The number of rotatable bonds is 4. The lowest BCUT2D eigenvalue weighted by Gasteiger charge is -2.05. The molecule has 57 valence electrons. The van der Waals surface area contributed by atoms with Crippen LogP contribution in [0.2, 0.25) is 0 Å². The lowest BCUT2D eigenvalue weighted by atomic mass is 10.0. The van der Waals surface area contributed by atoms with E-state index in [0.29, 0.717) is 5.92 Å². The van der Waals surface area contributed by atoms with Gasteiger partial charge >= 0.3 is 0 Å². The molecular formula is C10H17. The van der Waals surface area contributed by atoms with Gasteiger partial charge in [0.05, 0.1) is 0 Å². The molecule has 1 radical (unpaired) electrons. The van der Waals surface area contributed by atoms with Gasteiger partial charge in [-0.2, -0.15) is 0 Å². The van der Waals surface area contributed by atoms with Crippen LogP contribution in [0.1, 0.15) is 40.0 Å². The molecule has 0 aliphatic carbocycles. The maximum absolute atomic E-state index is 6.84. The van der Waals surface area contributed by atoms with E-state index in [1.165, 1.54) is 12.8 Å². The minimum absolute atomic E-state index is 0.360. The second-order valence-corrected chi connectivity index (χ2v) is 3.37. The lowest BCUT2D eigenvalue weighted by Crippen LogP contribution is -1.92. The van der Waals surface area contributed by atoms with E-state index in [0.717, 1.165) is 12.3 Å². The zero-order chi connectivity index (χ0) is 7.98. The molecule has 0 fully saturated rings. The quantitative estimate of drug-likeness (QED) is 0.522. The first-order valence-electron chi connectivity index (χ1n) is 4.09. The second kappa shape index (κ2) is 5.35. The molecule has 0 saturated carbocycles. The second-order valence-electron chi connectivity index (χ2n) is 3.37. The smallest absolute Gasteiger partial charge is 0.0184 e. The molecule has 0 aromatic carbocycles. The molecule has 0 nitrogen and oxygen atoms in total. The normalized spacial score (nSPS) is 13.1. The molecular weight excluding hydrogens is 120 g/mol. The summed E-state index contributed by atoms with van der Waals surface area (Å²) in [4.78, 5) is 0. The average molecular weight is 137 g/mol. The van der Waals surface area contributed by atoms with Crippen molar-refractivity contribution in [1.82, 2.24) is 0 Å². The Kier molecular flexibility index (Phi) is 5.12. The Labute approximate surface area is 65.0 Å². The summed E-state index contributed by atoms with van der Waals surface area (Å²) < 4.78 is 0. The molecule has 0 heterocycles.